The molecule has 166 valence electrons. The molecule has 0 fully saturated rings. The number of carbonyl (C=O) groups excluding carboxylic acids is 3. The molecule has 3 amide bonds. The zero-order valence-corrected chi connectivity index (χ0v) is 18.7. The molecule has 0 aliphatic rings. The van der Waals surface area contributed by atoms with Crippen molar-refractivity contribution in [2.45, 2.75) is 38.6 Å². The molecule has 3 N–H and O–H groups in total. The van der Waals surface area contributed by atoms with Crippen molar-refractivity contribution >= 4 is 35.2 Å². The van der Waals surface area contributed by atoms with Gasteiger partial charge in [0.25, 0.3) is 0 Å². The molecule has 0 bridgehead atoms. The van der Waals surface area contributed by atoms with Gasteiger partial charge in [-0.2, -0.15) is 0 Å². The van der Waals surface area contributed by atoms with E-state index in [9.17, 15) is 14.4 Å². The summed E-state index contributed by atoms with van der Waals surface area (Å²) in [6, 6.07) is 14.1. The maximum atomic E-state index is 12.7. The van der Waals surface area contributed by atoms with E-state index in [1.165, 1.54) is 7.11 Å². The summed E-state index contributed by atoms with van der Waals surface area (Å²) in [6.45, 7) is 3.89. The lowest BCUT2D eigenvalue weighted by Gasteiger charge is -2.33. The fraction of sp³-hybridized carbons (Fsp3) is 0.348. The minimum absolute atomic E-state index is 0.120. The zero-order valence-electron chi connectivity index (χ0n) is 18.0. The number of amides is 3. The van der Waals surface area contributed by atoms with Crippen LogP contribution in [0.1, 0.15) is 37.8 Å². The summed E-state index contributed by atoms with van der Waals surface area (Å²) in [4.78, 5) is 35.6. The molecule has 7 nitrogen and oxygen atoms in total. The van der Waals surface area contributed by atoms with Crippen molar-refractivity contribution in [2.24, 2.45) is 0 Å². The molecule has 31 heavy (non-hydrogen) atoms. The van der Waals surface area contributed by atoms with Gasteiger partial charge >= 0.3 is 12.0 Å². The summed E-state index contributed by atoms with van der Waals surface area (Å²) in [5.41, 5.74) is 1.84. The normalized spacial score (nSPS) is 10.8. The molecular formula is C23H28ClN3O4. The van der Waals surface area contributed by atoms with E-state index in [2.05, 4.69) is 20.7 Å². The maximum absolute atomic E-state index is 12.7. The number of carbonyl (C=O) groups is 3. The number of hydrogen-bond acceptors (Lipinski definition) is 4. The largest absolute Gasteiger partial charge is 0.468 e. The smallest absolute Gasteiger partial charge is 0.325 e. The first-order chi connectivity index (χ1) is 14.8. The third kappa shape index (κ3) is 7.00. The number of methoxy groups -OCH3 is 1. The van der Waals surface area contributed by atoms with Gasteiger partial charge in [-0.15, -0.1) is 0 Å². The molecule has 2 rings (SSSR count). The number of rotatable bonds is 9. The first-order valence-corrected chi connectivity index (χ1v) is 10.5. The first kappa shape index (κ1) is 24.2. The Morgan fingerprint density at radius 1 is 0.968 bits per heavy atom. The van der Waals surface area contributed by atoms with Gasteiger partial charge in [0.15, 0.2) is 0 Å². The van der Waals surface area contributed by atoms with Crippen LogP contribution in [0.4, 0.5) is 10.5 Å². The summed E-state index contributed by atoms with van der Waals surface area (Å²) in [5.74, 6) is -0.796. The molecule has 8 heteroatoms. The van der Waals surface area contributed by atoms with Gasteiger partial charge in [-0.1, -0.05) is 49.7 Å². The van der Waals surface area contributed by atoms with Gasteiger partial charge in [-0.25, -0.2) is 4.79 Å². The lowest BCUT2D eigenvalue weighted by Crippen LogP contribution is -2.47. The predicted molar refractivity (Wildman–Crippen MR) is 121 cm³/mol. The van der Waals surface area contributed by atoms with E-state index in [1.54, 1.807) is 24.3 Å². The molecule has 0 spiro atoms. The van der Waals surface area contributed by atoms with E-state index in [4.69, 9.17) is 11.6 Å². The quantitative estimate of drug-likeness (QED) is 0.508. The standard InChI is InChI=1S/C23H28ClN3O4/c1-4-23(5-2,17-8-10-18(24)11-9-17)27-22(30)26-19-12-6-16(7-13-19)14-20(28)25-15-21(29)31-3/h6-13H,4-5,14-15H2,1-3H3,(H,25,28)(H2,26,27,30). The summed E-state index contributed by atoms with van der Waals surface area (Å²) in [6.07, 6.45) is 1.56. The van der Waals surface area contributed by atoms with Crippen molar-refractivity contribution in [3.05, 3.63) is 64.7 Å². The number of hydrogen-bond donors (Lipinski definition) is 3. The van der Waals surface area contributed by atoms with Crippen molar-refractivity contribution in [3.63, 3.8) is 0 Å². The van der Waals surface area contributed by atoms with Crippen LogP contribution in [0.3, 0.4) is 0 Å². The Kier molecular flexibility index (Phi) is 8.88. The molecule has 2 aromatic carbocycles. The van der Waals surface area contributed by atoms with Crippen LogP contribution in [0.5, 0.6) is 0 Å². The molecule has 0 radical (unpaired) electrons. The fourth-order valence-electron chi connectivity index (χ4n) is 3.25. The summed E-state index contributed by atoms with van der Waals surface area (Å²) in [7, 11) is 1.26. The molecule has 0 aliphatic heterocycles. The highest BCUT2D eigenvalue weighted by Gasteiger charge is 2.30. The van der Waals surface area contributed by atoms with Crippen molar-refractivity contribution < 1.29 is 19.1 Å². The number of benzene rings is 2. The monoisotopic (exact) mass is 445 g/mol. The Bertz CT molecular complexity index is 894. The van der Waals surface area contributed by atoms with Crippen LogP contribution in [-0.4, -0.2) is 31.6 Å². The van der Waals surface area contributed by atoms with Gasteiger partial charge in [0.05, 0.1) is 19.1 Å². The highest BCUT2D eigenvalue weighted by atomic mass is 35.5. The minimum atomic E-state index is -0.508. The molecule has 0 saturated heterocycles. The Morgan fingerprint density at radius 3 is 2.13 bits per heavy atom. The fourth-order valence-corrected chi connectivity index (χ4v) is 3.38. The van der Waals surface area contributed by atoms with E-state index in [0.29, 0.717) is 10.7 Å². The van der Waals surface area contributed by atoms with Crippen LogP contribution < -0.4 is 16.0 Å². The molecule has 0 saturated carbocycles. The van der Waals surface area contributed by atoms with Gasteiger partial charge < -0.3 is 20.7 Å². The average Bonchev–Trinajstić information content (AvgIpc) is 2.77. The number of nitrogens with one attached hydrogen (secondary N) is 3. The van der Waals surface area contributed by atoms with Gasteiger partial charge in [0, 0.05) is 10.7 Å². The lowest BCUT2D eigenvalue weighted by atomic mass is 9.85. The van der Waals surface area contributed by atoms with Gasteiger partial charge in [-0.3, -0.25) is 9.59 Å². The van der Waals surface area contributed by atoms with Crippen molar-refractivity contribution in [2.75, 3.05) is 19.0 Å². The van der Waals surface area contributed by atoms with E-state index in [1.807, 2.05) is 38.1 Å². The van der Waals surface area contributed by atoms with Crippen LogP contribution in [0.25, 0.3) is 0 Å². The average molecular weight is 446 g/mol. The number of urea groups is 1. The highest BCUT2D eigenvalue weighted by Crippen LogP contribution is 2.30. The van der Waals surface area contributed by atoms with Crippen LogP contribution in [0, 0.1) is 0 Å². The van der Waals surface area contributed by atoms with Gasteiger partial charge in [-0.05, 0) is 48.2 Å². The molecule has 2 aromatic rings. The zero-order chi connectivity index (χ0) is 22.9. The van der Waals surface area contributed by atoms with E-state index in [-0.39, 0.29) is 24.9 Å². The van der Waals surface area contributed by atoms with E-state index >= 15 is 0 Å². The number of anilines is 1. The van der Waals surface area contributed by atoms with Gasteiger partial charge in [0.1, 0.15) is 6.54 Å². The van der Waals surface area contributed by atoms with Gasteiger partial charge in [0.2, 0.25) is 5.91 Å². The Hall–Kier alpha value is -3.06. The third-order valence-corrected chi connectivity index (χ3v) is 5.44. The highest BCUT2D eigenvalue weighted by molar-refractivity contribution is 6.30. The SMILES string of the molecule is CCC(CC)(NC(=O)Nc1ccc(CC(=O)NCC(=O)OC)cc1)c1ccc(Cl)cc1. The van der Waals surface area contributed by atoms with Crippen LogP contribution in [0.2, 0.25) is 5.02 Å². The number of esters is 1. The summed E-state index contributed by atoms with van der Waals surface area (Å²) >= 11 is 6.00. The summed E-state index contributed by atoms with van der Waals surface area (Å²) in [5, 5.41) is 9.06. The Labute approximate surface area is 187 Å². The van der Waals surface area contributed by atoms with E-state index < -0.39 is 11.5 Å². The molecule has 0 heterocycles. The van der Waals surface area contributed by atoms with Crippen molar-refractivity contribution in [1.29, 1.82) is 0 Å². The van der Waals surface area contributed by atoms with Crippen molar-refractivity contribution in [1.82, 2.24) is 10.6 Å². The minimum Gasteiger partial charge on any atom is -0.468 e. The molecule has 0 aromatic heterocycles. The van der Waals surface area contributed by atoms with Crippen LogP contribution in [-0.2, 0) is 26.3 Å². The lowest BCUT2D eigenvalue weighted by molar-refractivity contribution is -0.141. The van der Waals surface area contributed by atoms with Crippen LogP contribution >= 0.6 is 11.6 Å². The second-order valence-electron chi connectivity index (χ2n) is 7.10. The molecule has 0 unspecified atom stereocenters. The topological polar surface area (TPSA) is 96.5 Å². The number of ether oxygens (including phenoxy) is 1. The maximum Gasteiger partial charge on any atom is 0.325 e. The number of halogens is 1. The second kappa shape index (κ2) is 11.4. The third-order valence-electron chi connectivity index (χ3n) is 5.19. The first-order valence-electron chi connectivity index (χ1n) is 10.1. The Balaban J connectivity index is 1.97. The molecular weight excluding hydrogens is 418 g/mol. The Morgan fingerprint density at radius 2 is 1.58 bits per heavy atom. The predicted octanol–water partition coefficient (Wildman–Crippen LogP) is 4.01. The summed E-state index contributed by atoms with van der Waals surface area (Å²) < 4.78 is 4.48. The van der Waals surface area contributed by atoms with Crippen LogP contribution in [0.15, 0.2) is 48.5 Å². The molecule has 0 aliphatic carbocycles. The van der Waals surface area contributed by atoms with Crippen molar-refractivity contribution in [3.8, 4) is 0 Å². The second-order valence-corrected chi connectivity index (χ2v) is 7.54. The molecule has 0 atom stereocenters. The van der Waals surface area contributed by atoms with E-state index in [0.717, 1.165) is 24.0 Å².